The molecule has 2 aromatic rings. The summed E-state index contributed by atoms with van der Waals surface area (Å²) in [4.78, 5) is 0. The number of halogens is 3. The van der Waals surface area contributed by atoms with Crippen molar-refractivity contribution in [2.75, 3.05) is 7.11 Å². The van der Waals surface area contributed by atoms with Crippen LogP contribution in [-0.2, 0) is 12.8 Å². The highest BCUT2D eigenvalue weighted by molar-refractivity contribution is 6.58. The fourth-order valence-electron chi connectivity index (χ4n) is 2.04. The monoisotopic (exact) mass is 326 g/mol. The Morgan fingerprint density at radius 1 is 1.09 bits per heavy atom. The molecular weight excluding hydrogens is 312 g/mol. The van der Waals surface area contributed by atoms with Crippen LogP contribution in [0.1, 0.15) is 11.1 Å². The molecule has 0 unspecified atom stereocenters. The lowest BCUT2D eigenvalue weighted by Crippen LogP contribution is -2.31. The lowest BCUT2D eigenvalue weighted by molar-refractivity contribution is -0.138. The van der Waals surface area contributed by atoms with E-state index in [4.69, 9.17) is 9.47 Å². The largest absolute Gasteiger partial charge is 0.492 e. The third kappa shape index (κ3) is 4.17. The minimum absolute atomic E-state index is 0.0134. The molecule has 0 fully saturated rings. The standard InChI is InChI=1S/C15H14BF3O4/c1-22-14-12(15(17,18)19)7-11(16(20)21)8-13(14)23-9-10-5-3-2-4-6-10/h2-8,20-21H,9H2,1H3. The van der Waals surface area contributed by atoms with Gasteiger partial charge >= 0.3 is 13.3 Å². The number of ether oxygens (including phenoxy) is 2. The Morgan fingerprint density at radius 2 is 1.74 bits per heavy atom. The van der Waals surface area contributed by atoms with Crippen molar-refractivity contribution in [2.24, 2.45) is 0 Å². The Labute approximate surface area is 131 Å². The van der Waals surface area contributed by atoms with Crippen molar-refractivity contribution in [3.05, 3.63) is 53.6 Å². The molecule has 0 aliphatic carbocycles. The van der Waals surface area contributed by atoms with Crippen LogP contribution < -0.4 is 14.9 Å². The molecule has 8 heteroatoms. The van der Waals surface area contributed by atoms with Gasteiger partial charge in [-0.1, -0.05) is 30.3 Å². The van der Waals surface area contributed by atoms with Gasteiger partial charge in [0, 0.05) is 0 Å². The third-order valence-corrected chi connectivity index (χ3v) is 3.12. The van der Waals surface area contributed by atoms with E-state index in [0.717, 1.165) is 18.7 Å². The average Bonchev–Trinajstić information content (AvgIpc) is 2.52. The molecule has 0 amide bonds. The van der Waals surface area contributed by atoms with Crippen molar-refractivity contribution in [3.8, 4) is 11.5 Å². The maximum atomic E-state index is 13.1. The van der Waals surface area contributed by atoms with Crippen molar-refractivity contribution in [3.63, 3.8) is 0 Å². The van der Waals surface area contributed by atoms with Crippen LogP contribution >= 0.6 is 0 Å². The van der Waals surface area contributed by atoms with E-state index < -0.39 is 24.6 Å². The molecule has 2 rings (SSSR count). The molecule has 0 spiro atoms. The average molecular weight is 326 g/mol. The topological polar surface area (TPSA) is 58.9 Å². The summed E-state index contributed by atoms with van der Waals surface area (Å²) < 4.78 is 49.6. The van der Waals surface area contributed by atoms with E-state index in [1.54, 1.807) is 30.3 Å². The first-order chi connectivity index (χ1) is 10.8. The zero-order chi connectivity index (χ0) is 17.0. The molecule has 0 heterocycles. The SMILES string of the molecule is COc1c(OCc2ccccc2)cc(B(O)O)cc1C(F)(F)F. The van der Waals surface area contributed by atoms with Gasteiger partial charge in [-0.2, -0.15) is 13.2 Å². The Kier molecular flexibility index (Phi) is 5.17. The highest BCUT2D eigenvalue weighted by atomic mass is 19.4. The van der Waals surface area contributed by atoms with Crippen LogP contribution in [0.4, 0.5) is 13.2 Å². The van der Waals surface area contributed by atoms with E-state index in [0.29, 0.717) is 6.07 Å². The van der Waals surface area contributed by atoms with Gasteiger partial charge in [-0.3, -0.25) is 0 Å². The van der Waals surface area contributed by atoms with Gasteiger partial charge in [0.2, 0.25) is 0 Å². The lowest BCUT2D eigenvalue weighted by atomic mass is 9.79. The zero-order valence-corrected chi connectivity index (χ0v) is 12.2. The van der Waals surface area contributed by atoms with E-state index in [9.17, 15) is 23.2 Å². The molecule has 2 N–H and O–H groups in total. The van der Waals surface area contributed by atoms with Crippen molar-refractivity contribution in [2.45, 2.75) is 12.8 Å². The van der Waals surface area contributed by atoms with Gasteiger partial charge in [-0.15, -0.1) is 0 Å². The van der Waals surface area contributed by atoms with E-state index in [2.05, 4.69) is 0 Å². The van der Waals surface area contributed by atoms with Crippen LogP contribution in [0.15, 0.2) is 42.5 Å². The molecule has 122 valence electrons. The lowest BCUT2D eigenvalue weighted by Gasteiger charge is -2.18. The molecule has 0 aliphatic heterocycles. The van der Waals surface area contributed by atoms with Gasteiger partial charge in [-0.05, 0) is 23.2 Å². The summed E-state index contributed by atoms with van der Waals surface area (Å²) in [6, 6.07) is 10.6. The highest BCUT2D eigenvalue weighted by Crippen LogP contribution is 2.41. The molecular formula is C15H14BF3O4. The highest BCUT2D eigenvalue weighted by Gasteiger charge is 2.37. The number of rotatable bonds is 5. The van der Waals surface area contributed by atoms with Gasteiger partial charge in [-0.25, -0.2) is 0 Å². The minimum atomic E-state index is -4.72. The maximum absolute atomic E-state index is 13.1. The zero-order valence-electron chi connectivity index (χ0n) is 12.2. The van der Waals surface area contributed by atoms with Gasteiger partial charge in [0.15, 0.2) is 11.5 Å². The minimum Gasteiger partial charge on any atom is -0.492 e. The summed E-state index contributed by atoms with van der Waals surface area (Å²) in [6.45, 7) is 0.0134. The molecule has 0 aromatic heterocycles. The van der Waals surface area contributed by atoms with Crippen LogP contribution in [0.3, 0.4) is 0 Å². The first-order valence-corrected chi connectivity index (χ1v) is 6.65. The summed E-state index contributed by atoms with van der Waals surface area (Å²) in [5, 5.41) is 18.4. The summed E-state index contributed by atoms with van der Waals surface area (Å²) in [5.41, 5.74) is -0.715. The molecule has 0 atom stereocenters. The number of methoxy groups -OCH3 is 1. The number of benzene rings is 2. The van der Waals surface area contributed by atoms with Crippen molar-refractivity contribution >= 4 is 12.6 Å². The van der Waals surface area contributed by atoms with Gasteiger partial charge < -0.3 is 19.5 Å². The Hall–Kier alpha value is -2.19. The number of hydrogen-bond donors (Lipinski definition) is 2. The molecule has 4 nitrogen and oxygen atoms in total. The van der Waals surface area contributed by atoms with Crippen LogP contribution in [-0.4, -0.2) is 24.3 Å². The van der Waals surface area contributed by atoms with Crippen LogP contribution in [0.25, 0.3) is 0 Å². The fourth-order valence-corrected chi connectivity index (χ4v) is 2.04. The van der Waals surface area contributed by atoms with Crippen molar-refractivity contribution in [1.29, 1.82) is 0 Å². The third-order valence-electron chi connectivity index (χ3n) is 3.12. The van der Waals surface area contributed by atoms with E-state index in [1.165, 1.54) is 0 Å². The Morgan fingerprint density at radius 3 is 2.26 bits per heavy atom. The first-order valence-electron chi connectivity index (χ1n) is 6.65. The second-order valence-electron chi connectivity index (χ2n) is 4.75. The van der Waals surface area contributed by atoms with Gasteiger partial charge in [0.25, 0.3) is 0 Å². The van der Waals surface area contributed by atoms with E-state index in [1.807, 2.05) is 0 Å². The molecule has 0 saturated carbocycles. The first kappa shape index (κ1) is 17.2. The van der Waals surface area contributed by atoms with Crippen LogP contribution in [0.5, 0.6) is 11.5 Å². The quantitative estimate of drug-likeness (QED) is 0.825. The van der Waals surface area contributed by atoms with E-state index >= 15 is 0 Å². The predicted octanol–water partition coefficient (Wildman–Crippen LogP) is 1.97. The fraction of sp³-hybridized carbons (Fsp3) is 0.200. The normalized spacial score (nSPS) is 11.2. The predicted molar refractivity (Wildman–Crippen MR) is 78.6 cm³/mol. The molecule has 2 aromatic carbocycles. The molecule has 0 bridgehead atoms. The van der Waals surface area contributed by atoms with Crippen LogP contribution in [0, 0.1) is 0 Å². The second kappa shape index (κ2) is 6.93. The summed E-state index contributed by atoms with van der Waals surface area (Å²) in [7, 11) is -0.962. The van der Waals surface area contributed by atoms with Crippen LogP contribution in [0.2, 0.25) is 0 Å². The summed E-state index contributed by atoms with van der Waals surface area (Å²) >= 11 is 0. The Balaban J connectivity index is 2.41. The van der Waals surface area contributed by atoms with Crippen molar-refractivity contribution in [1.82, 2.24) is 0 Å². The molecule has 0 radical (unpaired) electrons. The van der Waals surface area contributed by atoms with Crippen molar-refractivity contribution < 1.29 is 32.7 Å². The number of alkyl halides is 3. The van der Waals surface area contributed by atoms with Gasteiger partial charge in [0.1, 0.15) is 12.2 Å². The molecule has 0 saturated heterocycles. The second-order valence-corrected chi connectivity index (χ2v) is 4.75. The molecule has 0 aliphatic rings. The maximum Gasteiger partial charge on any atom is 0.488 e. The van der Waals surface area contributed by atoms with Gasteiger partial charge in [0.05, 0.1) is 7.11 Å². The van der Waals surface area contributed by atoms with E-state index in [-0.39, 0.29) is 17.8 Å². The Bertz CT molecular complexity index is 660. The number of hydrogen-bond acceptors (Lipinski definition) is 4. The summed E-state index contributed by atoms with van der Waals surface area (Å²) in [5.74, 6) is -0.716. The molecule has 23 heavy (non-hydrogen) atoms. The summed E-state index contributed by atoms with van der Waals surface area (Å²) in [6.07, 6.45) is -4.72. The smallest absolute Gasteiger partial charge is 0.488 e.